The summed E-state index contributed by atoms with van der Waals surface area (Å²) >= 11 is 0. The molecule has 0 aromatic heterocycles. The van der Waals surface area contributed by atoms with E-state index in [-0.39, 0.29) is 37.7 Å². The monoisotopic (exact) mass is 346 g/mol. The first-order chi connectivity index (χ1) is 12.1. The molecular weight excluding hydrogens is 328 g/mol. The normalized spacial score (nSPS) is 19.4. The van der Waals surface area contributed by atoms with Crippen LogP contribution in [0.25, 0.3) is 0 Å². The molecule has 0 saturated carbocycles. The number of carbonyl (C=O) groups is 3. The second-order valence-electron chi connectivity index (χ2n) is 6.06. The molecule has 3 aliphatic rings. The Labute approximate surface area is 144 Å². The second kappa shape index (κ2) is 6.15. The summed E-state index contributed by atoms with van der Waals surface area (Å²) in [5.41, 5.74) is 0.710. The fraction of sp³-hybridized carbons (Fsp3) is 0.438. The van der Waals surface area contributed by atoms with E-state index < -0.39 is 0 Å². The van der Waals surface area contributed by atoms with E-state index in [1.807, 2.05) is 0 Å². The summed E-state index contributed by atoms with van der Waals surface area (Å²) in [6.07, 6.45) is 0. The summed E-state index contributed by atoms with van der Waals surface area (Å²) in [6, 6.07) is 5.10. The van der Waals surface area contributed by atoms with Crippen LogP contribution in [0.3, 0.4) is 0 Å². The summed E-state index contributed by atoms with van der Waals surface area (Å²) in [7, 11) is 0. The zero-order valence-electron chi connectivity index (χ0n) is 13.6. The molecular formula is C16H18N4O5. The van der Waals surface area contributed by atoms with Gasteiger partial charge in [0.25, 0.3) is 0 Å². The molecule has 2 fully saturated rings. The molecule has 0 atom stereocenters. The van der Waals surface area contributed by atoms with Gasteiger partial charge in [-0.1, -0.05) is 0 Å². The number of ether oxygens (including phenoxy) is 2. The van der Waals surface area contributed by atoms with E-state index >= 15 is 0 Å². The van der Waals surface area contributed by atoms with Crippen LogP contribution in [-0.2, 0) is 9.59 Å². The lowest BCUT2D eigenvalue weighted by atomic mass is 10.2. The fourth-order valence-corrected chi connectivity index (χ4v) is 3.14. The maximum atomic E-state index is 12.6. The van der Waals surface area contributed by atoms with Gasteiger partial charge in [0.2, 0.25) is 18.6 Å². The number of fused-ring (bicyclic) bond motifs is 1. The quantitative estimate of drug-likeness (QED) is 0.805. The van der Waals surface area contributed by atoms with Crippen LogP contribution in [0, 0.1) is 0 Å². The Morgan fingerprint density at radius 3 is 2.80 bits per heavy atom. The minimum absolute atomic E-state index is 0.0207. The summed E-state index contributed by atoms with van der Waals surface area (Å²) < 4.78 is 10.6. The lowest BCUT2D eigenvalue weighted by Crippen LogP contribution is -2.52. The largest absolute Gasteiger partial charge is 0.454 e. The number of benzene rings is 1. The van der Waals surface area contributed by atoms with E-state index in [1.54, 1.807) is 23.1 Å². The summed E-state index contributed by atoms with van der Waals surface area (Å²) in [6.45, 7) is 2.07. The van der Waals surface area contributed by atoms with E-state index in [0.29, 0.717) is 43.4 Å². The molecule has 2 saturated heterocycles. The number of anilines is 1. The predicted molar refractivity (Wildman–Crippen MR) is 86.5 cm³/mol. The third-order valence-corrected chi connectivity index (χ3v) is 4.48. The molecule has 0 aliphatic carbocycles. The highest BCUT2D eigenvalue weighted by Crippen LogP contribution is 2.36. The number of hydrogen-bond donors (Lipinski definition) is 1. The van der Waals surface area contributed by atoms with Gasteiger partial charge >= 0.3 is 6.03 Å². The van der Waals surface area contributed by atoms with Crippen molar-refractivity contribution in [1.82, 2.24) is 15.1 Å². The van der Waals surface area contributed by atoms with Crippen molar-refractivity contribution < 1.29 is 23.9 Å². The molecule has 0 spiro atoms. The van der Waals surface area contributed by atoms with Gasteiger partial charge in [0.05, 0.1) is 6.54 Å². The van der Waals surface area contributed by atoms with Crippen LogP contribution in [0.4, 0.5) is 10.5 Å². The lowest BCUT2D eigenvalue weighted by Gasteiger charge is -2.28. The number of nitrogens with zero attached hydrogens (tertiary/aromatic N) is 3. The first-order valence-electron chi connectivity index (χ1n) is 8.12. The average Bonchev–Trinajstić information content (AvgIpc) is 3.21. The Balaban J connectivity index is 1.41. The van der Waals surface area contributed by atoms with Crippen molar-refractivity contribution in [2.24, 2.45) is 0 Å². The van der Waals surface area contributed by atoms with Gasteiger partial charge in [0.1, 0.15) is 6.54 Å². The van der Waals surface area contributed by atoms with Crippen molar-refractivity contribution >= 4 is 23.5 Å². The van der Waals surface area contributed by atoms with Crippen LogP contribution in [0.1, 0.15) is 0 Å². The maximum Gasteiger partial charge on any atom is 0.325 e. The first kappa shape index (κ1) is 15.6. The van der Waals surface area contributed by atoms with Gasteiger partial charge in [0, 0.05) is 37.9 Å². The van der Waals surface area contributed by atoms with Crippen molar-refractivity contribution in [2.45, 2.75) is 0 Å². The average molecular weight is 346 g/mol. The van der Waals surface area contributed by atoms with Crippen LogP contribution >= 0.6 is 0 Å². The molecule has 1 aromatic rings. The van der Waals surface area contributed by atoms with Crippen LogP contribution < -0.4 is 19.7 Å². The van der Waals surface area contributed by atoms with Crippen molar-refractivity contribution in [3.8, 4) is 11.5 Å². The van der Waals surface area contributed by atoms with Crippen molar-refractivity contribution in [3.05, 3.63) is 18.2 Å². The van der Waals surface area contributed by atoms with Gasteiger partial charge in [0.15, 0.2) is 11.5 Å². The Kier molecular flexibility index (Phi) is 3.83. The van der Waals surface area contributed by atoms with E-state index in [0.717, 1.165) is 0 Å². The van der Waals surface area contributed by atoms with E-state index in [2.05, 4.69) is 5.32 Å². The zero-order valence-corrected chi connectivity index (χ0v) is 13.6. The standard InChI is InChI=1S/C16H18N4O5/c21-14-8-18(4-3-17-14)15(22)9-19-5-6-20(16(19)23)11-1-2-12-13(7-11)25-10-24-12/h1-2,7H,3-6,8-10H2,(H,17,21). The molecule has 0 radical (unpaired) electrons. The number of amides is 4. The van der Waals surface area contributed by atoms with Crippen molar-refractivity contribution in [3.63, 3.8) is 0 Å². The molecule has 0 unspecified atom stereocenters. The number of urea groups is 1. The van der Waals surface area contributed by atoms with E-state index in [9.17, 15) is 14.4 Å². The van der Waals surface area contributed by atoms with Crippen LogP contribution in [0.2, 0.25) is 0 Å². The predicted octanol–water partition coefficient (Wildman–Crippen LogP) is -0.384. The highest BCUT2D eigenvalue weighted by atomic mass is 16.7. The number of rotatable bonds is 3. The Hall–Kier alpha value is -2.97. The minimum atomic E-state index is -0.228. The molecule has 9 nitrogen and oxygen atoms in total. The maximum absolute atomic E-state index is 12.6. The fourth-order valence-electron chi connectivity index (χ4n) is 3.14. The highest BCUT2D eigenvalue weighted by molar-refractivity contribution is 5.97. The highest BCUT2D eigenvalue weighted by Gasteiger charge is 2.33. The van der Waals surface area contributed by atoms with Crippen molar-refractivity contribution in [2.75, 3.05) is 51.0 Å². The Morgan fingerprint density at radius 1 is 1.12 bits per heavy atom. The molecule has 25 heavy (non-hydrogen) atoms. The summed E-state index contributed by atoms with van der Waals surface area (Å²) in [5.74, 6) is 0.884. The number of nitrogens with one attached hydrogen (secondary N) is 1. The lowest BCUT2D eigenvalue weighted by molar-refractivity contribution is -0.138. The molecule has 4 amide bonds. The number of hydrogen-bond acceptors (Lipinski definition) is 5. The van der Waals surface area contributed by atoms with E-state index in [4.69, 9.17) is 9.47 Å². The molecule has 9 heteroatoms. The Bertz CT molecular complexity index is 737. The third kappa shape index (κ3) is 2.92. The third-order valence-electron chi connectivity index (χ3n) is 4.48. The summed E-state index contributed by atoms with van der Waals surface area (Å²) in [5, 5.41) is 2.67. The molecule has 0 bridgehead atoms. The molecule has 4 rings (SSSR count). The number of carbonyl (C=O) groups excluding carboxylic acids is 3. The Morgan fingerprint density at radius 2 is 1.96 bits per heavy atom. The second-order valence-corrected chi connectivity index (χ2v) is 6.06. The number of piperazine rings is 1. The van der Waals surface area contributed by atoms with Gasteiger partial charge in [-0.05, 0) is 12.1 Å². The first-order valence-corrected chi connectivity index (χ1v) is 8.12. The SMILES string of the molecule is O=C1CN(C(=O)CN2CCN(c3ccc4c(c3)OCO4)C2=O)CCN1. The molecule has 1 N–H and O–H groups in total. The molecule has 3 heterocycles. The van der Waals surface area contributed by atoms with Crippen LogP contribution in [0.15, 0.2) is 18.2 Å². The molecule has 1 aromatic carbocycles. The van der Waals surface area contributed by atoms with Gasteiger partial charge in [-0.3, -0.25) is 14.5 Å². The topological polar surface area (TPSA) is 91.4 Å². The zero-order chi connectivity index (χ0) is 17.4. The van der Waals surface area contributed by atoms with Gasteiger partial charge < -0.3 is 24.6 Å². The van der Waals surface area contributed by atoms with Crippen molar-refractivity contribution in [1.29, 1.82) is 0 Å². The summed E-state index contributed by atoms with van der Waals surface area (Å²) in [4.78, 5) is 40.9. The van der Waals surface area contributed by atoms with Gasteiger partial charge in [-0.25, -0.2) is 4.79 Å². The molecule has 132 valence electrons. The van der Waals surface area contributed by atoms with Crippen LogP contribution in [-0.4, -0.2) is 73.7 Å². The molecule has 3 aliphatic heterocycles. The van der Waals surface area contributed by atoms with Gasteiger partial charge in [-0.2, -0.15) is 0 Å². The van der Waals surface area contributed by atoms with Gasteiger partial charge in [-0.15, -0.1) is 0 Å². The van der Waals surface area contributed by atoms with E-state index in [1.165, 1.54) is 9.80 Å². The smallest absolute Gasteiger partial charge is 0.325 e. The minimum Gasteiger partial charge on any atom is -0.454 e. The van der Waals surface area contributed by atoms with Crippen LogP contribution in [0.5, 0.6) is 11.5 Å².